The van der Waals surface area contributed by atoms with Gasteiger partial charge in [0.05, 0.1) is 33.5 Å². The van der Waals surface area contributed by atoms with Gasteiger partial charge in [0, 0.05) is 18.2 Å². The van der Waals surface area contributed by atoms with Gasteiger partial charge in [0.25, 0.3) is 0 Å². The second-order valence-corrected chi connectivity index (χ2v) is 5.60. The highest BCUT2D eigenvalue weighted by atomic mass is 35.5. The fourth-order valence-electron chi connectivity index (χ4n) is 2.77. The first kappa shape index (κ1) is 19.4. The summed E-state index contributed by atoms with van der Waals surface area (Å²) in [6, 6.07) is 14.0. The van der Waals surface area contributed by atoms with Crippen molar-refractivity contribution in [1.29, 1.82) is 0 Å². The van der Waals surface area contributed by atoms with Crippen LogP contribution in [-0.4, -0.2) is 34.0 Å². The van der Waals surface area contributed by atoms with E-state index in [-0.39, 0.29) is 18.4 Å². The summed E-state index contributed by atoms with van der Waals surface area (Å²) in [5.74, 6) is 2.12. The Morgan fingerprint density at radius 2 is 1.76 bits per heavy atom. The lowest BCUT2D eigenvalue weighted by molar-refractivity contribution is 0.0756. The van der Waals surface area contributed by atoms with Crippen molar-refractivity contribution in [2.75, 3.05) is 34.0 Å². The van der Waals surface area contributed by atoms with Gasteiger partial charge in [-0.15, -0.1) is 12.4 Å². The van der Waals surface area contributed by atoms with Crippen LogP contribution in [0.5, 0.6) is 17.2 Å². The molecule has 136 valence electrons. The van der Waals surface area contributed by atoms with Gasteiger partial charge in [0.15, 0.2) is 11.5 Å². The van der Waals surface area contributed by atoms with E-state index in [1.165, 1.54) is 0 Å². The lowest BCUT2D eigenvalue weighted by Gasteiger charge is -2.27. The van der Waals surface area contributed by atoms with Gasteiger partial charge >= 0.3 is 0 Å². The third-order valence-corrected chi connectivity index (χ3v) is 4.05. The second kappa shape index (κ2) is 9.51. The minimum absolute atomic E-state index is 0. The number of hydrogen-bond acceptors (Lipinski definition) is 5. The molecule has 6 heteroatoms. The monoisotopic (exact) mass is 365 g/mol. The van der Waals surface area contributed by atoms with E-state index >= 15 is 0 Å². The molecule has 3 rings (SSSR count). The topological polar surface area (TPSA) is 49.0 Å². The van der Waals surface area contributed by atoms with E-state index in [2.05, 4.69) is 5.32 Å². The number of ether oxygens (including phenoxy) is 4. The zero-order chi connectivity index (χ0) is 16.8. The average molecular weight is 366 g/mol. The van der Waals surface area contributed by atoms with E-state index in [1.807, 2.05) is 42.5 Å². The van der Waals surface area contributed by atoms with Crippen LogP contribution >= 0.6 is 12.4 Å². The minimum Gasteiger partial charge on any atom is -0.493 e. The molecule has 2 aromatic carbocycles. The summed E-state index contributed by atoms with van der Waals surface area (Å²) < 4.78 is 22.5. The van der Waals surface area contributed by atoms with Crippen molar-refractivity contribution >= 4 is 12.4 Å². The van der Waals surface area contributed by atoms with Crippen LogP contribution in [0.4, 0.5) is 0 Å². The predicted molar refractivity (Wildman–Crippen MR) is 99.1 cm³/mol. The molecule has 1 fully saturated rings. The first-order chi connectivity index (χ1) is 11.8. The minimum atomic E-state index is 0. The number of halogens is 1. The third-order valence-electron chi connectivity index (χ3n) is 4.05. The van der Waals surface area contributed by atoms with Crippen LogP contribution in [0.3, 0.4) is 0 Å². The van der Waals surface area contributed by atoms with Gasteiger partial charge in [-0.3, -0.25) is 0 Å². The van der Waals surface area contributed by atoms with Crippen molar-refractivity contribution in [2.24, 2.45) is 0 Å². The standard InChI is InChI=1S/C19H23NO4.ClH/c1-21-18-10-15(16-13-23-9-8-20-16)17(11-19(18)22-2)24-12-14-6-4-3-5-7-14;/h3-7,10-11,16,20H,8-9,12-13H2,1-2H3;1H/t16-;/m1./s1. The van der Waals surface area contributed by atoms with Crippen molar-refractivity contribution in [3.63, 3.8) is 0 Å². The van der Waals surface area contributed by atoms with Gasteiger partial charge in [-0.25, -0.2) is 0 Å². The smallest absolute Gasteiger partial charge is 0.164 e. The summed E-state index contributed by atoms with van der Waals surface area (Å²) >= 11 is 0. The summed E-state index contributed by atoms with van der Waals surface area (Å²) in [6.07, 6.45) is 0. The SMILES string of the molecule is COc1cc(OCc2ccccc2)c([C@H]2COCCN2)cc1OC.Cl. The van der Waals surface area contributed by atoms with E-state index < -0.39 is 0 Å². The number of morpholine rings is 1. The maximum atomic E-state index is 6.09. The normalized spacial score (nSPS) is 16.6. The molecule has 5 nitrogen and oxygen atoms in total. The first-order valence-electron chi connectivity index (χ1n) is 8.05. The Bertz CT molecular complexity index is 660. The fraction of sp³-hybridized carbons (Fsp3) is 0.368. The lowest BCUT2D eigenvalue weighted by Crippen LogP contribution is -2.34. The second-order valence-electron chi connectivity index (χ2n) is 5.60. The number of benzene rings is 2. The highest BCUT2D eigenvalue weighted by molar-refractivity contribution is 5.85. The van der Waals surface area contributed by atoms with Crippen molar-refractivity contribution < 1.29 is 18.9 Å². The number of hydrogen-bond donors (Lipinski definition) is 1. The summed E-state index contributed by atoms with van der Waals surface area (Å²) in [6.45, 7) is 2.65. The van der Waals surface area contributed by atoms with Crippen LogP contribution in [0.2, 0.25) is 0 Å². The van der Waals surface area contributed by atoms with Gasteiger partial charge in [0.1, 0.15) is 12.4 Å². The van der Waals surface area contributed by atoms with E-state index in [1.54, 1.807) is 14.2 Å². The highest BCUT2D eigenvalue weighted by Gasteiger charge is 2.22. The summed E-state index contributed by atoms with van der Waals surface area (Å²) in [7, 11) is 3.26. The molecule has 0 saturated carbocycles. The molecule has 0 bridgehead atoms. The zero-order valence-electron chi connectivity index (χ0n) is 14.5. The molecule has 25 heavy (non-hydrogen) atoms. The summed E-state index contributed by atoms with van der Waals surface area (Å²) in [5.41, 5.74) is 2.13. The Morgan fingerprint density at radius 3 is 2.40 bits per heavy atom. The van der Waals surface area contributed by atoms with Gasteiger partial charge in [-0.1, -0.05) is 30.3 Å². The number of rotatable bonds is 6. The highest BCUT2D eigenvalue weighted by Crippen LogP contribution is 2.38. The van der Waals surface area contributed by atoms with Crippen molar-refractivity contribution in [2.45, 2.75) is 12.6 Å². The molecule has 1 aliphatic rings. The molecule has 0 aliphatic carbocycles. The molecule has 0 radical (unpaired) electrons. The molecule has 0 spiro atoms. The Morgan fingerprint density at radius 1 is 1.04 bits per heavy atom. The molecule has 2 aromatic rings. The van der Waals surface area contributed by atoms with Gasteiger partial charge in [-0.05, 0) is 11.6 Å². The van der Waals surface area contributed by atoms with Crippen LogP contribution in [0, 0.1) is 0 Å². The molecule has 0 unspecified atom stereocenters. The largest absolute Gasteiger partial charge is 0.493 e. The molecule has 0 aromatic heterocycles. The Balaban J connectivity index is 0.00000225. The predicted octanol–water partition coefficient (Wildman–Crippen LogP) is 3.37. The summed E-state index contributed by atoms with van der Waals surface area (Å²) in [5, 5.41) is 3.46. The summed E-state index contributed by atoms with van der Waals surface area (Å²) in [4.78, 5) is 0. The van der Waals surface area contributed by atoms with Gasteiger partial charge in [-0.2, -0.15) is 0 Å². The van der Waals surface area contributed by atoms with Crippen LogP contribution in [0.25, 0.3) is 0 Å². The van der Waals surface area contributed by atoms with E-state index in [0.717, 1.165) is 30.0 Å². The Labute approximate surface area is 154 Å². The quantitative estimate of drug-likeness (QED) is 0.850. The van der Waals surface area contributed by atoms with Crippen molar-refractivity contribution in [3.8, 4) is 17.2 Å². The van der Waals surface area contributed by atoms with Crippen LogP contribution in [-0.2, 0) is 11.3 Å². The molecular formula is C19H24ClNO4. The molecular weight excluding hydrogens is 342 g/mol. The van der Waals surface area contributed by atoms with E-state index in [9.17, 15) is 0 Å². The first-order valence-corrected chi connectivity index (χ1v) is 8.05. The Hall–Kier alpha value is -1.95. The van der Waals surface area contributed by atoms with Gasteiger partial charge < -0.3 is 24.3 Å². The van der Waals surface area contributed by atoms with E-state index in [4.69, 9.17) is 18.9 Å². The number of methoxy groups -OCH3 is 2. The molecule has 0 amide bonds. The lowest BCUT2D eigenvalue weighted by atomic mass is 10.0. The molecule has 1 saturated heterocycles. The Kier molecular flexibility index (Phi) is 7.37. The average Bonchev–Trinajstić information content (AvgIpc) is 2.67. The molecule has 1 aliphatic heterocycles. The van der Waals surface area contributed by atoms with Crippen molar-refractivity contribution in [3.05, 3.63) is 53.6 Å². The third kappa shape index (κ3) is 4.78. The molecule has 1 N–H and O–H groups in total. The maximum absolute atomic E-state index is 6.09. The van der Waals surface area contributed by atoms with E-state index in [0.29, 0.717) is 24.7 Å². The van der Waals surface area contributed by atoms with Crippen LogP contribution in [0.1, 0.15) is 17.2 Å². The molecule has 1 heterocycles. The van der Waals surface area contributed by atoms with Crippen molar-refractivity contribution in [1.82, 2.24) is 5.32 Å². The van der Waals surface area contributed by atoms with Gasteiger partial charge in [0.2, 0.25) is 0 Å². The fourth-order valence-corrected chi connectivity index (χ4v) is 2.77. The maximum Gasteiger partial charge on any atom is 0.164 e. The van der Waals surface area contributed by atoms with Crippen LogP contribution in [0.15, 0.2) is 42.5 Å². The molecule has 1 atom stereocenters. The van der Waals surface area contributed by atoms with Crippen LogP contribution < -0.4 is 19.5 Å². The zero-order valence-corrected chi connectivity index (χ0v) is 15.3. The number of nitrogens with one attached hydrogen (secondary N) is 1.